The van der Waals surface area contributed by atoms with Crippen LogP contribution in [-0.2, 0) is 11.3 Å². The van der Waals surface area contributed by atoms with Gasteiger partial charge in [-0.05, 0) is 36.6 Å². The van der Waals surface area contributed by atoms with Gasteiger partial charge in [-0.3, -0.25) is 14.5 Å². The van der Waals surface area contributed by atoms with Gasteiger partial charge in [0, 0.05) is 35.8 Å². The van der Waals surface area contributed by atoms with Gasteiger partial charge in [-0.15, -0.1) is 0 Å². The van der Waals surface area contributed by atoms with Gasteiger partial charge in [-0.1, -0.05) is 30.3 Å². The van der Waals surface area contributed by atoms with E-state index >= 15 is 0 Å². The molecule has 2 heterocycles. The minimum Gasteiger partial charge on any atom is -0.349 e. The average Bonchev–Trinajstić information content (AvgIpc) is 3.45. The number of rotatable bonds is 6. The van der Waals surface area contributed by atoms with Crippen molar-refractivity contribution in [3.8, 4) is 17.3 Å². The van der Waals surface area contributed by atoms with E-state index in [1.165, 1.54) is 0 Å². The third-order valence-electron chi connectivity index (χ3n) is 4.49. The summed E-state index contributed by atoms with van der Waals surface area (Å²) in [4.78, 5) is 16.5. The summed E-state index contributed by atoms with van der Waals surface area (Å²) in [5.41, 5.74) is 3.43. The number of carbonyl (C=O) groups excluding carboxylic acids is 1. The van der Waals surface area contributed by atoms with Crippen molar-refractivity contribution in [3.05, 3.63) is 77.8 Å². The van der Waals surface area contributed by atoms with E-state index in [0.717, 1.165) is 24.0 Å². The highest BCUT2D eigenvalue weighted by Crippen LogP contribution is 2.25. The number of benzene rings is 1. The fourth-order valence-electron chi connectivity index (χ4n) is 2.92. The molecule has 0 unspecified atom stereocenters. The molecule has 0 bridgehead atoms. The Balaban J connectivity index is 1.70. The predicted molar refractivity (Wildman–Crippen MR) is 106 cm³/mol. The molecular formula is C22H19N5O. The van der Waals surface area contributed by atoms with Crippen molar-refractivity contribution in [2.24, 2.45) is 0 Å². The van der Waals surface area contributed by atoms with Crippen LogP contribution in [0.25, 0.3) is 17.3 Å². The van der Waals surface area contributed by atoms with Crippen molar-refractivity contribution in [3.63, 3.8) is 0 Å². The molecule has 0 saturated heterocycles. The third kappa shape index (κ3) is 4.15. The topological polar surface area (TPSA) is 83.6 Å². The predicted octanol–water partition coefficient (Wildman–Crippen LogP) is 3.18. The average molecular weight is 369 g/mol. The van der Waals surface area contributed by atoms with E-state index in [1.807, 2.05) is 59.4 Å². The Morgan fingerprint density at radius 2 is 2.07 bits per heavy atom. The van der Waals surface area contributed by atoms with Crippen LogP contribution in [0, 0.1) is 11.3 Å². The molecule has 1 aliphatic carbocycles. The molecule has 0 spiro atoms. The lowest BCUT2D eigenvalue weighted by Crippen LogP contribution is -2.26. The van der Waals surface area contributed by atoms with E-state index in [4.69, 9.17) is 0 Å². The maximum Gasteiger partial charge on any atom is 0.262 e. The van der Waals surface area contributed by atoms with Crippen LogP contribution in [0.3, 0.4) is 0 Å². The fraction of sp³-hybridized carbons (Fsp3) is 0.182. The summed E-state index contributed by atoms with van der Waals surface area (Å²) in [5, 5.41) is 17.0. The van der Waals surface area contributed by atoms with Crippen LogP contribution >= 0.6 is 0 Å². The number of nitrogens with one attached hydrogen (secondary N) is 1. The molecule has 0 radical (unpaired) electrons. The summed E-state index contributed by atoms with van der Waals surface area (Å²) in [6.07, 6.45) is 8.83. The molecule has 28 heavy (non-hydrogen) atoms. The minimum absolute atomic E-state index is 0.0799. The zero-order valence-corrected chi connectivity index (χ0v) is 15.2. The molecule has 0 aliphatic heterocycles. The van der Waals surface area contributed by atoms with Crippen LogP contribution in [-0.4, -0.2) is 26.7 Å². The highest BCUT2D eigenvalue weighted by molar-refractivity contribution is 6.02. The summed E-state index contributed by atoms with van der Waals surface area (Å²) < 4.78 is 1.82. The molecule has 6 nitrogen and oxygen atoms in total. The zero-order chi connectivity index (χ0) is 19.3. The van der Waals surface area contributed by atoms with E-state index in [-0.39, 0.29) is 17.5 Å². The van der Waals surface area contributed by atoms with E-state index in [2.05, 4.69) is 15.4 Å². The molecule has 1 saturated carbocycles. The number of carbonyl (C=O) groups is 1. The first-order valence-corrected chi connectivity index (χ1v) is 9.17. The van der Waals surface area contributed by atoms with Gasteiger partial charge in [-0.2, -0.15) is 10.4 Å². The second kappa shape index (κ2) is 7.89. The van der Waals surface area contributed by atoms with Gasteiger partial charge >= 0.3 is 0 Å². The number of nitriles is 1. The quantitative estimate of drug-likeness (QED) is 0.534. The summed E-state index contributed by atoms with van der Waals surface area (Å²) in [6, 6.07) is 16.0. The first-order chi connectivity index (χ1) is 13.7. The summed E-state index contributed by atoms with van der Waals surface area (Å²) >= 11 is 0. The first kappa shape index (κ1) is 17.7. The Morgan fingerprint density at radius 1 is 1.25 bits per heavy atom. The van der Waals surface area contributed by atoms with Gasteiger partial charge in [-0.25, -0.2) is 0 Å². The number of pyridine rings is 1. The summed E-state index contributed by atoms with van der Waals surface area (Å²) in [7, 11) is 0. The maximum atomic E-state index is 12.3. The molecule has 6 heteroatoms. The molecule has 4 rings (SSSR count). The minimum atomic E-state index is -0.335. The Bertz CT molecular complexity index is 1040. The van der Waals surface area contributed by atoms with Crippen LogP contribution in [0.2, 0.25) is 0 Å². The van der Waals surface area contributed by atoms with Gasteiger partial charge in [0.2, 0.25) is 0 Å². The van der Waals surface area contributed by atoms with Crippen LogP contribution in [0.5, 0.6) is 0 Å². The highest BCUT2D eigenvalue weighted by Gasteiger charge is 2.25. The molecule has 1 aromatic carbocycles. The monoisotopic (exact) mass is 369 g/mol. The van der Waals surface area contributed by atoms with Crippen molar-refractivity contribution in [2.75, 3.05) is 0 Å². The molecule has 1 N–H and O–H groups in total. The van der Waals surface area contributed by atoms with Crippen molar-refractivity contribution < 1.29 is 4.79 Å². The molecule has 138 valence electrons. The molecule has 1 amide bonds. The second-order valence-electron chi connectivity index (χ2n) is 6.78. The fourth-order valence-corrected chi connectivity index (χ4v) is 2.92. The molecule has 1 fully saturated rings. The van der Waals surface area contributed by atoms with Crippen LogP contribution < -0.4 is 5.32 Å². The lowest BCUT2D eigenvalue weighted by molar-refractivity contribution is -0.117. The molecular weight excluding hydrogens is 350 g/mol. The molecule has 1 aliphatic rings. The summed E-state index contributed by atoms with van der Waals surface area (Å²) in [5.74, 6) is -0.335. The van der Waals surface area contributed by atoms with Crippen molar-refractivity contribution in [1.29, 1.82) is 5.26 Å². The van der Waals surface area contributed by atoms with E-state index in [0.29, 0.717) is 17.8 Å². The Hall–Kier alpha value is -3.72. The van der Waals surface area contributed by atoms with Gasteiger partial charge in [0.05, 0.1) is 6.54 Å². The molecule has 2 aromatic heterocycles. The number of nitrogens with zero attached hydrogens (tertiary/aromatic N) is 4. The largest absolute Gasteiger partial charge is 0.349 e. The highest BCUT2D eigenvalue weighted by atomic mass is 16.1. The van der Waals surface area contributed by atoms with Crippen LogP contribution in [0.4, 0.5) is 0 Å². The smallest absolute Gasteiger partial charge is 0.262 e. The lowest BCUT2D eigenvalue weighted by Gasteiger charge is -2.02. The summed E-state index contributed by atoms with van der Waals surface area (Å²) in [6.45, 7) is 0.595. The van der Waals surface area contributed by atoms with E-state index in [9.17, 15) is 10.1 Å². The zero-order valence-electron chi connectivity index (χ0n) is 15.2. The molecule has 0 atom stereocenters. The van der Waals surface area contributed by atoms with Crippen molar-refractivity contribution in [1.82, 2.24) is 20.1 Å². The van der Waals surface area contributed by atoms with Gasteiger partial charge < -0.3 is 5.32 Å². The van der Waals surface area contributed by atoms with E-state index < -0.39 is 0 Å². The Labute approximate surface area is 163 Å². The SMILES string of the molecule is N#CC(=Cc1cn(Cc2ccccc2)nc1-c1cccnc1)C(=O)NC1CC1. The van der Waals surface area contributed by atoms with Crippen molar-refractivity contribution in [2.45, 2.75) is 25.4 Å². The number of amides is 1. The number of hydrogen-bond donors (Lipinski definition) is 1. The van der Waals surface area contributed by atoms with Gasteiger partial charge in [0.25, 0.3) is 5.91 Å². The standard InChI is InChI=1S/C22H19N5O/c23-12-18(22(28)25-20-8-9-20)11-19-15-27(14-16-5-2-1-3-6-16)26-21(19)17-7-4-10-24-13-17/h1-7,10-11,13,15,20H,8-9,14H2,(H,25,28). The van der Waals surface area contributed by atoms with Crippen LogP contribution in [0.1, 0.15) is 24.0 Å². The Morgan fingerprint density at radius 3 is 2.75 bits per heavy atom. The lowest BCUT2D eigenvalue weighted by atomic mass is 10.1. The number of aromatic nitrogens is 3. The Kier molecular flexibility index (Phi) is 4.98. The maximum absolute atomic E-state index is 12.3. The molecule has 3 aromatic rings. The van der Waals surface area contributed by atoms with E-state index in [1.54, 1.807) is 18.5 Å². The second-order valence-corrected chi connectivity index (χ2v) is 6.78. The number of hydrogen-bond acceptors (Lipinski definition) is 4. The van der Waals surface area contributed by atoms with Gasteiger partial charge in [0.1, 0.15) is 17.3 Å². The first-order valence-electron chi connectivity index (χ1n) is 9.17. The van der Waals surface area contributed by atoms with Crippen LogP contribution in [0.15, 0.2) is 66.6 Å². The van der Waals surface area contributed by atoms with Crippen molar-refractivity contribution >= 4 is 12.0 Å². The van der Waals surface area contributed by atoms with Gasteiger partial charge in [0.15, 0.2) is 0 Å². The normalized spacial score (nSPS) is 13.8. The third-order valence-corrected chi connectivity index (χ3v) is 4.49.